The minimum Gasteiger partial charge on any atom is -0.507 e. The highest BCUT2D eigenvalue weighted by atomic mass is 16.5. The molecule has 15 nitrogen and oxygen atoms in total. The van der Waals surface area contributed by atoms with Crippen molar-refractivity contribution < 1.29 is 28.8 Å². The lowest BCUT2D eigenvalue weighted by atomic mass is 9.81. The highest BCUT2D eigenvalue weighted by Gasteiger charge is 2.44. The number of pyridine rings is 4. The lowest BCUT2D eigenvalue weighted by Crippen LogP contribution is -2.43. The lowest BCUT2D eigenvalue weighted by Gasteiger charge is -2.26. The van der Waals surface area contributed by atoms with E-state index in [9.17, 15) is 19.5 Å². The minimum atomic E-state index is -1.13. The Labute approximate surface area is 739 Å². The van der Waals surface area contributed by atoms with Gasteiger partial charge >= 0.3 is 5.97 Å². The molecule has 0 bridgehead atoms. The Morgan fingerprint density at radius 1 is 0.468 bits per heavy atom. The molecule has 15 heteroatoms. The molecule has 1 atom stereocenters. The van der Waals surface area contributed by atoms with Crippen molar-refractivity contribution in [2.45, 2.75) is 116 Å². The molecule has 2 aliphatic rings. The van der Waals surface area contributed by atoms with Gasteiger partial charge in [-0.3, -0.25) is 44.2 Å². The Bertz CT molecular complexity index is 6820. The van der Waals surface area contributed by atoms with Crippen molar-refractivity contribution in [3.8, 4) is 268 Å². The highest BCUT2D eigenvalue weighted by molar-refractivity contribution is 6.03. The van der Waals surface area contributed by atoms with Crippen LogP contribution in [0.4, 0.5) is 11.4 Å². The molecule has 0 saturated carbocycles. The predicted molar refractivity (Wildman–Crippen MR) is 490 cm³/mol. The Hall–Kier alpha value is -18.6. The molecule has 6 heterocycles. The molecule has 0 spiro atoms. The topological polar surface area (TPSA) is 169 Å². The molecule has 126 heavy (non-hydrogen) atoms. The van der Waals surface area contributed by atoms with Crippen molar-refractivity contribution in [1.82, 2.24) is 40.4 Å². The zero-order valence-corrected chi connectivity index (χ0v) is 69.5. The number of fused-ring (bicyclic) bond motifs is 2. The zero-order chi connectivity index (χ0) is 88.9. The average molecular weight is 1630 g/mol. The van der Waals surface area contributed by atoms with E-state index in [1.54, 1.807) is 24.8 Å². The molecule has 0 fully saturated rings. The van der Waals surface area contributed by atoms with Gasteiger partial charge in [0.1, 0.15) is 11.8 Å². The largest absolute Gasteiger partial charge is 0.507 e. The maximum Gasteiger partial charge on any atom is 0.328 e. The monoisotopic (exact) mass is 1630 g/mol. The van der Waals surface area contributed by atoms with Crippen molar-refractivity contribution in [2.24, 2.45) is 0 Å². The number of hydrogen-bond donors (Lipinski definition) is 3. The number of carbonyl (C=O) groups excluding carboxylic acids is 3. The second-order valence-electron chi connectivity index (χ2n) is 27.5. The van der Waals surface area contributed by atoms with Gasteiger partial charge in [-0.1, -0.05) is 98.8 Å². The first-order chi connectivity index (χ1) is 61.6. The van der Waals surface area contributed by atoms with Gasteiger partial charge < -0.3 is 20.5 Å². The van der Waals surface area contributed by atoms with Crippen LogP contribution in [-0.2, 0) is 82.2 Å². The number of amides is 2. The molecular weight excluding hydrogens is 1550 g/mol. The number of allylic oxidation sites excluding steroid dienone is 6. The van der Waals surface area contributed by atoms with Crippen LogP contribution in [0.1, 0.15) is 103 Å². The number of rotatable bonds is 25. The number of aromatic nitrogens is 4. The molecule has 0 saturated heterocycles. The second-order valence-corrected chi connectivity index (χ2v) is 27.5. The van der Waals surface area contributed by atoms with Crippen LogP contribution in [0, 0.1) is 262 Å². The molecule has 7 aromatic rings. The number of para-hydroxylation sites is 1. The van der Waals surface area contributed by atoms with E-state index in [1.165, 1.54) is 7.11 Å². The summed E-state index contributed by atoms with van der Waals surface area (Å²) >= 11 is 0. The summed E-state index contributed by atoms with van der Waals surface area (Å²) in [7, 11) is 1.27. The standard InChI is InChI=1S/C111H72N10O5/c1-8-10-12-14-16-18-20-22-24-26-28-30-32-34-36-38-40-42-44-59-78-120-102-67-50-49-66-99(102)110(3,4)104(120)68-47-46-48-69-105-111(5,6)100-82-91(72-73-103(100)121(105)79-60-45-43-41-39-37-35-33-31-29-27-25-23-21-19-17-15-13-11-9-2)84-116-106(122)70-61-71-107(123)117-101(109(125)126-7)83-92-80-93(85-118(87-95-62-51-55-74-112-95)88-96-63-52-56-75-113-96)108(124)94(81-92)86-119(89-97-64-53-57-76-114-97)90-98-65-54-58-77-115-98/h1-2,46-58,62-69,72-77,80-82,101H,61,70-71,83-90H2,3-7H3,(H2-,116,117,122,123,124)/p+1/t101-/m0/s1. The number of terminal acetylenes is 2. The van der Waals surface area contributed by atoms with Crippen molar-refractivity contribution in [3.05, 3.63) is 244 Å². The van der Waals surface area contributed by atoms with E-state index >= 15 is 0 Å². The number of nitrogens with zero attached hydrogens (tertiary/aromatic N) is 8. The lowest BCUT2D eigenvalue weighted by molar-refractivity contribution is -0.332. The SMILES string of the molecule is C#CC#CC#CC#CC#CC#CC#CC#CC#CC#CC#CN1/C(=C/C=C/C=C/C2=[N+](C#CC#CC#CC#CC#CC#CC#CC#CC#CC#CC#C)c3ccccc3C2(C)C)C(C)(C)c2cc(CNC(=O)CCCC(=O)N[C@@H](Cc3cc(CN(Cc4ccccn4)Cc4ccccn4)c(O)c(CN(Cc4ccccn4)Cc4ccccn4)c3)C(=O)OC)ccc21. The number of phenolic OH excluding ortho intramolecular Hbond substituents is 1. The molecular formula is C111H73N10O5+. The molecule has 4 aromatic heterocycles. The number of nitrogens with one attached hydrogen (secondary N) is 2. The number of ether oxygens (including phenoxy) is 1. The van der Waals surface area contributed by atoms with Gasteiger partial charge in [0.25, 0.3) is 0 Å². The number of hydrogen-bond acceptors (Lipinski definition) is 12. The molecule has 3 aromatic carbocycles. The summed E-state index contributed by atoms with van der Waals surface area (Å²) in [6, 6.07) is 46.0. The number of phenols is 1. The van der Waals surface area contributed by atoms with Crippen molar-refractivity contribution in [1.29, 1.82) is 0 Å². The van der Waals surface area contributed by atoms with Crippen LogP contribution in [0.5, 0.6) is 5.75 Å². The average Bonchev–Trinajstić information content (AvgIpc) is 1.59. The summed E-state index contributed by atoms with van der Waals surface area (Å²) in [6.45, 7) is 10.9. The van der Waals surface area contributed by atoms with Gasteiger partial charge in [-0.25, -0.2) is 4.79 Å². The first kappa shape index (κ1) is 91.3. The Morgan fingerprint density at radius 2 is 0.881 bits per heavy atom. The summed E-state index contributed by atoms with van der Waals surface area (Å²) in [5.41, 5.74) is 10.4. The van der Waals surface area contributed by atoms with Gasteiger partial charge in [0.05, 0.1) is 46.9 Å². The van der Waals surface area contributed by atoms with E-state index in [0.717, 1.165) is 62.2 Å². The predicted octanol–water partition coefficient (Wildman–Crippen LogP) is 10.5. The maximum atomic E-state index is 14.0. The van der Waals surface area contributed by atoms with Crippen LogP contribution in [0.3, 0.4) is 0 Å². The van der Waals surface area contributed by atoms with Gasteiger partial charge in [-0.15, -0.1) is 17.4 Å². The molecule has 2 amide bonds. The summed E-state index contributed by atoms with van der Waals surface area (Å²) in [5.74, 6) is 101. The van der Waals surface area contributed by atoms with Crippen LogP contribution in [-0.4, -0.2) is 76.1 Å². The third kappa shape index (κ3) is 30.4. The summed E-state index contributed by atoms with van der Waals surface area (Å²) in [6.07, 6.45) is 27.1. The van der Waals surface area contributed by atoms with E-state index in [2.05, 4.69) is 323 Å². The fourth-order valence-corrected chi connectivity index (χ4v) is 12.6. The molecule has 3 N–H and O–H groups in total. The van der Waals surface area contributed by atoms with E-state index in [4.69, 9.17) is 17.6 Å². The van der Waals surface area contributed by atoms with Crippen LogP contribution in [0.25, 0.3) is 0 Å². The van der Waals surface area contributed by atoms with E-state index < -0.39 is 28.7 Å². The van der Waals surface area contributed by atoms with Gasteiger partial charge in [-0.2, -0.15) is 0 Å². The molecule has 0 radical (unpaired) electrons. The number of carbonyl (C=O) groups is 3. The van der Waals surface area contributed by atoms with Crippen molar-refractivity contribution in [2.75, 3.05) is 12.0 Å². The summed E-state index contributed by atoms with van der Waals surface area (Å²) in [5, 5.41) is 18.4. The fraction of sp³-hybridized carbons (Fsp3) is 0.171. The van der Waals surface area contributed by atoms with E-state index in [0.29, 0.717) is 42.9 Å². The zero-order valence-electron chi connectivity index (χ0n) is 69.5. The highest BCUT2D eigenvalue weighted by Crippen LogP contribution is 2.48. The summed E-state index contributed by atoms with van der Waals surface area (Å²) < 4.78 is 7.25. The van der Waals surface area contributed by atoms with E-state index in [1.807, 2.05) is 161 Å². The molecule has 9 rings (SSSR count). The van der Waals surface area contributed by atoms with Gasteiger partial charge in [0, 0.05) is 272 Å². The van der Waals surface area contributed by atoms with Crippen LogP contribution in [0.2, 0.25) is 0 Å². The first-order valence-corrected chi connectivity index (χ1v) is 38.9. The Balaban J connectivity index is 0.898. The van der Waals surface area contributed by atoms with Gasteiger partial charge in [0.15, 0.2) is 0 Å². The normalized spacial score (nSPS) is 11.3. The maximum absolute atomic E-state index is 14.0. The fourth-order valence-electron chi connectivity index (χ4n) is 12.6. The van der Waals surface area contributed by atoms with Crippen LogP contribution < -0.4 is 15.5 Å². The number of esters is 1. The Morgan fingerprint density at radius 3 is 1.31 bits per heavy atom. The molecule has 0 unspecified atom stereocenters. The van der Waals surface area contributed by atoms with Gasteiger partial charge in [0.2, 0.25) is 29.3 Å². The number of aromatic hydroxyl groups is 1. The minimum absolute atomic E-state index is 0.0157. The van der Waals surface area contributed by atoms with Crippen molar-refractivity contribution >= 4 is 34.9 Å². The van der Waals surface area contributed by atoms with Gasteiger partial charge in [-0.05, 0) is 192 Å². The number of anilines is 1. The third-order valence-electron chi connectivity index (χ3n) is 18.1. The molecule has 2 aliphatic heterocycles. The molecule has 596 valence electrons. The van der Waals surface area contributed by atoms with Crippen LogP contribution >= 0.6 is 0 Å². The third-order valence-corrected chi connectivity index (χ3v) is 18.1. The van der Waals surface area contributed by atoms with Crippen molar-refractivity contribution in [3.63, 3.8) is 0 Å². The molecule has 0 aliphatic carbocycles. The quantitative estimate of drug-likeness (QED) is 0.0215. The number of benzene rings is 3. The summed E-state index contributed by atoms with van der Waals surface area (Å²) in [4.78, 5) is 66.1. The Kier molecular flexibility index (Phi) is 36.9. The second kappa shape index (κ2) is 50.9. The van der Waals surface area contributed by atoms with E-state index in [-0.39, 0.29) is 57.0 Å². The number of methoxy groups -OCH3 is 1. The van der Waals surface area contributed by atoms with Crippen LogP contribution in [0.15, 0.2) is 188 Å². The smallest absolute Gasteiger partial charge is 0.328 e. The first-order valence-electron chi connectivity index (χ1n) is 38.9.